The molecule has 166 valence electrons. The molecule has 2 aliphatic heterocycles. The van der Waals surface area contributed by atoms with E-state index in [9.17, 15) is 14.4 Å². The monoisotopic (exact) mass is 458 g/mol. The predicted octanol–water partition coefficient (Wildman–Crippen LogP) is 4.18. The van der Waals surface area contributed by atoms with Crippen LogP contribution in [-0.4, -0.2) is 28.8 Å². The molecule has 7 heteroatoms. The van der Waals surface area contributed by atoms with Gasteiger partial charge in [0.05, 0.1) is 11.2 Å². The van der Waals surface area contributed by atoms with Crippen LogP contribution in [0, 0.1) is 0 Å². The number of fused-ring (bicyclic) bond motifs is 2. The molecule has 3 aromatic carbocycles. The van der Waals surface area contributed by atoms with Crippen LogP contribution in [0.25, 0.3) is 0 Å². The molecule has 0 bridgehead atoms. The number of ether oxygens (including phenoxy) is 1. The van der Waals surface area contributed by atoms with Gasteiger partial charge in [0.2, 0.25) is 11.8 Å². The summed E-state index contributed by atoms with van der Waals surface area (Å²) in [7, 11) is 0. The summed E-state index contributed by atoms with van der Waals surface area (Å²) >= 11 is 1.04. The summed E-state index contributed by atoms with van der Waals surface area (Å²) in [6.45, 7) is 0.509. The van der Waals surface area contributed by atoms with Crippen molar-refractivity contribution in [3.8, 4) is 11.5 Å². The fourth-order valence-corrected chi connectivity index (χ4v) is 5.07. The van der Waals surface area contributed by atoms with Gasteiger partial charge < -0.3 is 10.1 Å². The van der Waals surface area contributed by atoms with Gasteiger partial charge in [-0.25, -0.2) is 0 Å². The third-order valence-corrected chi connectivity index (χ3v) is 6.85. The van der Waals surface area contributed by atoms with E-state index in [0.29, 0.717) is 30.9 Å². The maximum Gasteiger partial charge on any atom is 0.286 e. The number of para-hydroxylation sites is 2. The fraction of sp³-hybridized carbons (Fsp3) is 0.192. The van der Waals surface area contributed by atoms with Crippen molar-refractivity contribution in [1.29, 1.82) is 0 Å². The van der Waals surface area contributed by atoms with Crippen molar-refractivity contribution in [2.24, 2.45) is 0 Å². The van der Waals surface area contributed by atoms with E-state index >= 15 is 0 Å². The smallest absolute Gasteiger partial charge is 0.286 e. The Bertz CT molecular complexity index is 1180. The summed E-state index contributed by atoms with van der Waals surface area (Å²) in [5.41, 5.74) is 3.82. The lowest BCUT2D eigenvalue weighted by atomic mass is 9.87. The highest BCUT2D eigenvalue weighted by molar-refractivity contribution is 8.15. The van der Waals surface area contributed by atoms with Crippen molar-refractivity contribution in [3.05, 3.63) is 95.1 Å². The van der Waals surface area contributed by atoms with Crippen molar-refractivity contribution in [2.45, 2.75) is 24.0 Å². The van der Waals surface area contributed by atoms with Crippen LogP contribution in [0.3, 0.4) is 0 Å². The molecular formula is C26H22N2O4S. The minimum absolute atomic E-state index is 0.0521. The van der Waals surface area contributed by atoms with Crippen molar-refractivity contribution in [1.82, 2.24) is 10.6 Å². The van der Waals surface area contributed by atoms with E-state index in [1.807, 2.05) is 72.8 Å². The zero-order chi connectivity index (χ0) is 22.8. The normalized spacial score (nSPS) is 17.0. The summed E-state index contributed by atoms with van der Waals surface area (Å²) in [5.74, 6) is 0.730. The first-order valence-electron chi connectivity index (χ1n) is 10.8. The number of nitrogens with one attached hydrogen (secondary N) is 2. The van der Waals surface area contributed by atoms with Crippen LogP contribution in [0.15, 0.2) is 72.8 Å². The van der Waals surface area contributed by atoms with Crippen molar-refractivity contribution < 1.29 is 19.1 Å². The van der Waals surface area contributed by atoms with E-state index < -0.39 is 5.92 Å². The number of amides is 3. The summed E-state index contributed by atoms with van der Waals surface area (Å²) in [5, 5.41) is 4.74. The third kappa shape index (κ3) is 4.50. The van der Waals surface area contributed by atoms with E-state index in [1.165, 1.54) is 0 Å². The van der Waals surface area contributed by atoms with Gasteiger partial charge >= 0.3 is 0 Å². The molecule has 0 aliphatic carbocycles. The highest BCUT2D eigenvalue weighted by Crippen LogP contribution is 2.43. The largest absolute Gasteiger partial charge is 0.457 e. The highest BCUT2D eigenvalue weighted by atomic mass is 32.2. The molecule has 0 spiro atoms. The molecule has 0 aromatic heterocycles. The SMILES string of the molecule is O=C1NC(=O)C(Cc2ccc(CCNC(=O)C3c4ccccc4Oc4ccccc43)cc2)S1. The molecule has 1 unspecified atom stereocenters. The first-order valence-corrected chi connectivity index (χ1v) is 11.7. The lowest BCUT2D eigenvalue weighted by Gasteiger charge is -2.27. The Hall–Kier alpha value is -3.58. The third-order valence-electron chi connectivity index (χ3n) is 5.87. The van der Waals surface area contributed by atoms with Crippen LogP contribution < -0.4 is 15.4 Å². The van der Waals surface area contributed by atoms with Crippen LogP contribution >= 0.6 is 11.8 Å². The molecule has 2 heterocycles. The molecule has 0 saturated carbocycles. The Morgan fingerprint density at radius 3 is 2.09 bits per heavy atom. The van der Waals surface area contributed by atoms with Crippen LogP contribution in [0.1, 0.15) is 28.2 Å². The van der Waals surface area contributed by atoms with E-state index in [1.54, 1.807) is 0 Å². The summed E-state index contributed by atoms with van der Waals surface area (Å²) in [4.78, 5) is 36.3. The average molecular weight is 459 g/mol. The van der Waals surface area contributed by atoms with E-state index in [4.69, 9.17) is 4.74 Å². The number of rotatable bonds is 6. The quantitative estimate of drug-likeness (QED) is 0.579. The second-order valence-electron chi connectivity index (χ2n) is 8.06. The van der Waals surface area contributed by atoms with Crippen LogP contribution in [0.5, 0.6) is 11.5 Å². The number of hydrogen-bond donors (Lipinski definition) is 2. The summed E-state index contributed by atoms with van der Waals surface area (Å²) in [6, 6.07) is 23.2. The molecule has 1 atom stereocenters. The van der Waals surface area contributed by atoms with Gasteiger partial charge in [-0.15, -0.1) is 0 Å². The molecule has 0 radical (unpaired) electrons. The minimum Gasteiger partial charge on any atom is -0.457 e. The first-order chi connectivity index (χ1) is 16.1. The fourth-order valence-electron chi connectivity index (χ4n) is 4.21. The Morgan fingerprint density at radius 1 is 0.879 bits per heavy atom. The number of carbonyl (C=O) groups is 3. The topological polar surface area (TPSA) is 84.5 Å². The van der Waals surface area contributed by atoms with Crippen LogP contribution in [0.2, 0.25) is 0 Å². The predicted molar refractivity (Wildman–Crippen MR) is 127 cm³/mol. The van der Waals surface area contributed by atoms with Crippen molar-refractivity contribution >= 4 is 28.8 Å². The Morgan fingerprint density at radius 2 is 1.48 bits per heavy atom. The van der Waals surface area contributed by atoms with Gasteiger partial charge in [0, 0.05) is 17.7 Å². The molecule has 33 heavy (non-hydrogen) atoms. The van der Waals surface area contributed by atoms with Gasteiger partial charge in [0.15, 0.2) is 0 Å². The Kier molecular flexibility index (Phi) is 5.88. The lowest BCUT2D eigenvalue weighted by molar-refractivity contribution is -0.122. The van der Waals surface area contributed by atoms with Crippen LogP contribution in [0.4, 0.5) is 4.79 Å². The average Bonchev–Trinajstić information content (AvgIpc) is 3.14. The van der Waals surface area contributed by atoms with Gasteiger partial charge in [-0.2, -0.15) is 0 Å². The second-order valence-corrected chi connectivity index (χ2v) is 9.23. The summed E-state index contributed by atoms with van der Waals surface area (Å²) in [6.07, 6.45) is 1.21. The van der Waals surface area contributed by atoms with E-state index in [0.717, 1.165) is 34.0 Å². The molecule has 2 N–H and O–H groups in total. The minimum atomic E-state index is -0.411. The first kappa shape index (κ1) is 21.3. The van der Waals surface area contributed by atoms with Gasteiger partial charge in [0.25, 0.3) is 5.24 Å². The van der Waals surface area contributed by atoms with Crippen molar-refractivity contribution in [3.63, 3.8) is 0 Å². The molecule has 3 aromatic rings. The second kappa shape index (κ2) is 9.11. The lowest BCUT2D eigenvalue weighted by Crippen LogP contribution is -2.33. The van der Waals surface area contributed by atoms with Gasteiger partial charge in [0.1, 0.15) is 11.5 Å². The molecular weight excluding hydrogens is 436 g/mol. The molecule has 3 amide bonds. The molecule has 5 rings (SSSR count). The number of thioether (sulfide) groups is 1. The van der Waals surface area contributed by atoms with Crippen LogP contribution in [-0.2, 0) is 22.4 Å². The molecule has 2 aliphatic rings. The van der Waals surface area contributed by atoms with Gasteiger partial charge in [-0.05, 0) is 36.1 Å². The zero-order valence-corrected chi connectivity index (χ0v) is 18.6. The Balaban J connectivity index is 1.21. The maximum absolute atomic E-state index is 13.2. The summed E-state index contributed by atoms with van der Waals surface area (Å²) < 4.78 is 5.98. The van der Waals surface area contributed by atoms with Gasteiger partial charge in [-0.1, -0.05) is 72.4 Å². The van der Waals surface area contributed by atoms with E-state index in [2.05, 4.69) is 10.6 Å². The number of carbonyl (C=O) groups excluding carboxylic acids is 3. The standard InChI is InChI=1S/C26H22N2O4S/c29-24-22(33-26(31)28-24)15-17-11-9-16(10-12-17)13-14-27-25(30)23-18-5-1-3-7-20(18)32-21-8-4-2-6-19(21)23/h1-12,22-23H,13-15H2,(H,27,30)(H,28,29,31). The Labute approximate surface area is 195 Å². The van der Waals surface area contributed by atoms with Gasteiger partial charge in [-0.3, -0.25) is 19.7 Å². The molecule has 1 saturated heterocycles. The maximum atomic E-state index is 13.2. The molecule has 6 nitrogen and oxygen atoms in total. The van der Waals surface area contributed by atoms with E-state index in [-0.39, 0.29) is 22.3 Å². The van der Waals surface area contributed by atoms with Crippen molar-refractivity contribution in [2.75, 3.05) is 6.54 Å². The zero-order valence-electron chi connectivity index (χ0n) is 17.7. The highest BCUT2D eigenvalue weighted by Gasteiger charge is 2.32. The number of imide groups is 1. The number of hydrogen-bond acceptors (Lipinski definition) is 5. The molecule has 1 fully saturated rings. The number of benzene rings is 3.